The van der Waals surface area contributed by atoms with E-state index in [1.54, 1.807) is 43.0 Å². The van der Waals surface area contributed by atoms with Gasteiger partial charge in [-0.1, -0.05) is 0 Å². The van der Waals surface area contributed by atoms with Crippen LogP contribution in [0.3, 0.4) is 0 Å². The molecule has 0 saturated carbocycles. The van der Waals surface area contributed by atoms with E-state index >= 15 is 0 Å². The molecule has 1 fully saturated rings. The van der Waals surface area contributed by atoms with E-state index in [4.69, 9.17) is 0 Å². The first-order chi connectivity index (χ1) is 10.3. The fourth-order valence-electron chi connectivity index (χ4n) is 2.38. The molecular formula is C16H20N2O4. The molecule has 0 radical (unpaired) electrons. The number of benzene rings is 1. The summed E-state index contributed by atoms with van der Waals surface area (Å²) in [5.74, 6) is -0.779. The molecular weight excluding hydrogens is 284 g/mol. The van der Waals surface area contributed by atoms with Crippen molar-refractivity contribution in [3.8, 4) is 0 Å². The van der Waals surface area contributed by atoms with Crippen LogP contribution in [0.4, 0.5) is 5.69 Å². The number of hydrogen-bond acceptors (Lipinski definition) is 4. The molecule has 1 saturated heterocycles. The molecule has 1 aromatic rings. The molecule has 1 aliphatic rings. The van der Waals surface area contributed by atoms with Gasteiger partial charge in [-0.2, -0.15) is 0 Å². The van der Waals surface area contributed by atoms with E-state index in [2.05, 4.69) is 10.1 Å². The van der Waals surface area contributed by atoms with Crippen LogP contribution < -0.4 is 10.2 Å². The van der Waals surface area contributed by atoms with Crippen molar-refractivity contribution in [1.82, 2.24) is 5.32 Å². The van der Waals surface area contributed by atoms with Crippen molar-refractivity contribution in [3.05, 3.63) is 29.8 Å². The smallest absolute Gasteiger partial charge is 0.330 e. The van der Waals surface area contributed by atoms with Crippen LogP contribution >= 0.6 is 0 Å². The molecule has 6 heteroatoms. The molecule has 0 bridgehead atoms. The zero-order valence-electron chi connectivity index (χ0n) is 13.0. The molecule has 0 atom stereocenters. The van der Waals surface area contributed by atoms with Crippen LogP contribution in [-0.4, -0.2) is 37.0 Å². The Bertz CT molecular complexity index is 593. The summed E-state index contributed by atoms with van der Waals surface area (Å²) in [5.41, 5.74) is 0.105. The average Bonchev–Trinajstić information content (AvgIpc) is 2.92. The van der Waals surface area contributed by atoms with Gasteiger partial charge in [-0.25, -0.2) is 4.79 Å². The number of ether oxygens (including phenoxy) is 1. The summed E-state index contributed by atoms with van der Waals surface area (Å²) in [4.78, 5) is 37.2. The van der Waals surface area contributed by atoms with Gasteiger partial charge in [-0.3, -0.25) is 9.59 Å². The fraction of sp³-hybridized carbons (Fsp3) is 0.438. The number of anilines is 1. The summed E-state index contributed by atoms with van der Waals surface area (Å²) in [6.45, 7) is 3.86. The molecule has 1 aromatic carbocycles. The topological polar surface area (TPSA) is 75.7 Å². The van der Waals surface area contributed by atoms with E-state index in [0.717, 1.165) is 12.1 Å². The molecule has 0 aliphatic carbocycles. The highest BCUT2D eigenvalue weighted by Crippen LogP contribution is 2.21. The van der Waals surface area contributed by atoms with Crippen LogP contribution in [0, 0.1) is 0 Å². The van der Waals surface area contributed by atoms with Gasteiger partial charge >= 0.3 is 5.97 Å². The predicted octanol–water partition coefficient (Wildman–Crippen LogP) is 1.49. The van der Waals surface area contributed by atoms with Crippen LogP contribution in [0.15, 0.2) is 24.3 Å². The average molecular weight is 304 g/mol. The normalized spacial score (nSPS) is 14.9. The van der Waals surface area contributed by atoms with Crippen LogP contribution in [0.1, 0.15) is 37.0 Å². The van der Waals surface area contributed by atoms with Crippen molar-refractivity contribution in [2.45, 2.75) is 32.2 Å². The number of nitrogens with one attached hydrogen (secondary N) is 1. The quantitative estimate of drug-likeness (QED) is 0.855. The van der Waals surface area contributed by atoms with Gasteiger partial charge in [0.1, 0.15) is 5.54 Å². The van der Waals surface area contributed by atoms with Gasteiger partial charge in [-0.15, -0.1) is 0 Å². The molecule has 1 aliphatic heterocycles. The van der Waals surface area contributed by atoms with Crippen molar-refractivity contribution >= 4 is 23.5 Å². The lowest BCUT2D eigenvalue weighted by Gasteiger charge is -2.23. The summed E-state index contributed by atoms with van der Waals surface area (Å²) < 4.78 is 4.65. The summed E-state index contributed by atoms with van der Waals surface area (Å²) in [7, 11) is 1.28. The Morgan fingerprint density at radius 2 is 1.86 bits per heavy atom. The lowest BCUT2D eigenvalue weighted by atomic mass is 10.0. The minimum Gasteiger partial charge on any atom is -0.467 e. The zero-order chi connectivity index (χ0) is 16.3. The molecule has 0 spiro atoms. The highest BCUT2D eigenvalue weighted by atomic mass is 16.5. The van der Waals surface area contributed by atoms with Crippen molar-refractivity contribution in [1.29, 1.82) is 0 Å². The van der Waals surface area contributed by atoms with Crippen molar-refractivity contribution in [3.63, 3.8) is 0 Å². The van der Waals surface area contributed by atoms with E-state index < -0.39 is 11.5 Å². The molecule has 118 valence electrons. The third-order valence-corrected chi connectivity index (χ3v) is 3.64. The summed E-state index contributed by atoms with van der Waals surface area (Å²) >= 11 is 0. The van der Waals surface area contributed by atoms with Crippen LogP contribution in [-0.2, 0) is 14.3 Å². The van der Waals surface area contributed by atoms with Gasteiger partial charge in [-0.05, 0) is 44.5 Å². The fourth-order valence-corrected chi connectivity index (χ4v) is 2.38. The number of carbonyl (C=O) groups excluding carboxylic acids is 3. The number of esters is 1. The monoisotopic (exact) mass is 304 g/mol. The van der Waals surface area contributed by atoms with Gasteiger partial charge < -0.3 is 15.0 Å². The minimum atomic E-state index is -1.10. The van der Waals surface area contributed by atoms with Gasteiger partial charge in [0.2, 0.25) is 5.91 Å². The first-order valence-electron chi connectivity index (χ1n) is 7.16. The molecule has 2 rings (SSSR count). The van der Waals surface area contributed by atoms with Crippen LogP contribution in [0.5, 0.6) is 0 Å². The number of hydrogen-bond donors (Lipinski definition) is 1. The number of amides is 2. The highest BCUT2D eigenvalue weighted by Gasteiger charge is 2.31. The lowest BCUT2D eigenvalue weighted by Crippen LogP contribution is -2.50. The molecule has 1 heterocycles. The second-order valence-corrected chi connectivity index (χ2v) is 5.77. The van der Waals surface area contributed by atoms with E-state index in [1.807, 2.05) is 0 Å². The Kier molecular flexibility index (Phi) is 4.49. The van der Waals surface area contributed by atoms with Gasteiger partial charge in [0.05, 0.1) is 7.11 Å². The number of methoxy groups -OCH3 is 1. The van der Waals surface area contributed by atoms with Crippen LogP contribution in [0.25, 0.3) is 0 Å². The van der Waals surface area contributed by atoms with Crippen molar-refractivity contribution in [2.75, 3.05) is 18.6 Å². The van der Waals surface area contributed by atoms with Gasteiger partial charge in [0.25, 0.3) is 5.91 Å². The summed E-state index contributed by atoms with van der Waals surface area (Å²) in [5, 5.41) is 2.63. The SMILES string of the molecule is COC(=O)C(C)(C)NC(=O)c1ccc(N2CCCC2=O)cc1. The van der Waals surface area contributed by atoms with Gasteiger partial charge in [0.15, 0.2) is 0 Å². The van der Waals surface area contributed by atoms with Crippen molar-refractivity contribution in [2.24, 2.45) is 0 Å². The van der Waals surface area contributed by atoms with E-state index in [-0.39, 0.29) is 11.8 Å². The summed E-state index contributed by atoms with van der Waals surface area (Å²) in [6, 6.07) is 6.76. The Morgan fingerprint density at radius 1 is 1.23 bits per heavy atom. The van der Waals surface area contributed by atoms with Gasteiger partial charge in [0, 0.05) is 24.2 Å². The Morgan fingerprint density at radius 3 is 2.36 bits per heavy atom. The molecule has 1 N–H and O–H groups in total. The summed E-state index contributed by atoms with van der Waals surface area (Å²) in [6.07, 6.45) is 1.42. The van der Waals surface area contributed by atoms with E-state index in [0.29, 0.717) is 18.5 Å². The number of nitrogens with zero attached hydrogens (tertiary/aromatic N) is 1. The predicted molar refractivity (Wildman–Crippen MR) is 81.6 cm³/mol. The second-order valence-electron chi connectivity index (χ2n) is 5.77. The molecule has 2 amide bonds. The molecule has 6 nitrogen and oxygen atoms in total. The Hall–Kier alpha value is -2.37. The molecule has 0 unspecified atom stereocenters. The first-order valence-corrected chi connectivity index (χ1v) is 7.16. The Balaban J connectivity index is 2.08. The molecule has 0 aromatic heterocycles. The third kappa shape index (κ3) is 3.27. The van der Waals surface area contributed by atoms with Crippen LogP contribution in [0.2, 0.25) is 0 Å². The highest BCUT2D eigenvalue weighted by molar-refractivity contribution is 5.99. The minimum absolute atomic E-state index is 0.101. The van der Waals surface area contributed by atoms with E-state index in [1.165, 1.54) is 7.11 Å². The third-order valence-electron chi connectivity index (χ3n) is 3.64. The van der Waals surface area contributed by atoms with Crippen molar-refractivity contribution < 1.29 is 19.1 Å². The second kappa shape index (κ2) is 6.17. The zero-order valence-corrected chi connectivity index (χ0v) is 13.0. The maximum absolute atomic E-state index is 12.2. The lowest BCUT2D eigenvalue weighted by molar-refractivity contribution is -0.146. The number of carbonyl (C=O) groups is 3. The molecule has 22 heavy (non-hydrogen) atoms. The maximum atomic E-state index is 12.2. The number of rotatable bonds is 4. The first kappa shape index (κ1) is 16.0. The standard InChI is InChI=1S/C16H20N2O4/c1-16(2,15(21)22-3)17-14(20)11-6-8-12(9-7-11)18-10-4-5-13(18)19/h6-9H,4-5,10H2,1-3H3,(H,17,20). The largest absolute Gasteiger partial charge is 0.467 e. The maximum Gasteiger partial charge on any atom is 0.330 e. The Labute approximate surface area is 129 Å². The van der Waals surface area contributed by atoms with E-state index in [9.17, 15) is 14.4 Å².